The number of aliphatic carboxylic acids is 1. The van der Waals surface area contributed by atoms with Gasteiger partial charge in [0.15, 0.2) is 11.5 Å². The molecule has 5 heteroatoms. The van der Waals surface area contributed by atoms with Crippen LogP contribution in [0.3, 0.4) is 0 Å². The van der Waals surface area contributed by atoms with Crippen molar-refractivity contribution in [1.82, 2.24) is 5.32 Å². The minimum atomic E-state index is -0.805. The zero-order valence-corrected chi connectivity index (χ0v) is 11.7. The molecule has 1 rings (SSSR count). The molecule has 5 nitrogen and oxygen atoms in total. The van der Waals surface area contributed by atoms with Crippen LogP contribution >= 0.6 is 0 Å². The molecular formula is C15H21NO4. The summed E-state index contributed by atoms with van der Waals surface area (Å²) in [6, 6.07) is 5.67. The summed E-state index contributed by atoms with van der Waals surface area (Å²) in [5.41, 5.74) is 1.02. The van der Waals surface area contributed by atoms with Crippen LogP contribution in [0.25, 0.3) is 0 Å². The van der Waals surface area contributed by atoms with Crippen LogP contribution in [0.2, 0.25) is 0 Å². The van der Waals surface area contributed by atoms with Gasteiger partial charge in [-0.05, 0) is 24.6 Å². The number of carbonyl (C=O) groups is 1. The van der Waals surface area contributed by atoms with Crippen molar-refractivity contribution < 1.29 is 19.4 Å². The molecule has 0 aromatic heterocycles. The Morgan fingerprint density at radius 3 is 2.85 bits per heavy atom. The highest BCUT2D eigenvalue weighted by molar-refractivity contribution is 5.66. The molecule has 20 heavy (non-hydrogen) atoms. The summed E-state index contributed by atoms with van der Waals surface area (Å²) in [5, 5.41) is 11.6. The van der Waals surface area contributed by atoms with Gasteiger partial charge in [0.25, 0.3) is 0 Å². The maximum absolute atomic E-state index is 10.4. The first-order valence-electron chi connectivity index (χ1n) is 6.59. The van der Waals surface area contributed by atoms with E-state index in [1.54, 1.807) is 6.08 Å². The lowest BCUT2D eigenvalue weighted by Gasteiger charge is -2.12. The SMILES string of the molecule is C=CCOc1ccc(CNCCC(=O)O)cc1OCC. The van der Waals surface area contributed by atoms with E-state index in [0.29, 0.717) is 37.8 Å². The normalized spacial score (nSPS) is 10.1. The zero-order valence-electron chi connectivity index (χ0n) is 11.7. The molecular weight excluding hydrogens is 258 g/mol. The topological polar surface area (TPSA) is 67.8 Å². The molecule has 0 aliphatic heterocycles. The molecule has 0 saturated heterocycles. The fourth-order valence-electron chi connectivity index (χ4n) is 1.63. The Morgan fingerprint density at radius 2 is 2.20 bits per heavy atom. The van der Waals surface area contributed by atoms with Crippen LogP contribution in [0.4, 0.5) is 0 Å². The third kappa shape index (κ3) is 5.75. The number of benzene rings is 1. The van der Waals surface area contributed by atoms with Crippen molar-refractivity contribution in [3.8, 4) is 11.5 Å². The molecule has 0 saturated carbocycles. The summed E-state index contributed by atoms with van der Waals surface area (Å²) in [4.78, 5) is 10.4. The summed E-state index contributed by atoms with van der Waals surface area (Å²) in [6.07, 6.45) is 1.79. The number of hydrogen-bond donors (Lipinski definition) is 2. The molecule has 0 radical (unpaired) electrons. The van der Waals surface area contributed by atoms with Crippen LogP contribution in [0.15, 0.2) is 30.9 Å². The van der Waals surface area contributed by atoms with Crippen LogP contribution in [0, 0.1) is 0 Å². The van der Waals surface area contributed by atoms with Crippen LogP contribution in [0.1, 0.15) is 18.9 Å². The largest absolute Gasteiger partial charge is 0.490 e. The third-order valence-electron chi connectivity index (χ3n) is 2.51. The lowest BCUT2D eigenvalue weighted by atomic mass is 10.2. The highest BCUT2D eigenvalue weighted by Gasteiger charge is 2.06. The van der Waals surface area contributed by atoms with Crippen molar-refractivity contribution in [3.05, 3.63) is 36.4 Å². The molecule has 0 atom stereocenters. The van der Waals surface area contributed by atoms with E-state index in [4.69, 9.17) is 14.6 Å². The number of ether oxygens (including phenoxy) is 2. The van der Waals surface area contributed by atoms with E-state index in [0.717, 1.165) is 5.56 Å². The second-order valence-electron chi connectivity index (χ2n) is 4.13. The minimum absolute atomic E-state index is 0.110. The summed E-state index contributed by atoms with van der Waals surface area (Å²) in [7, 11) is 0. The first kappa shape index (κ1) is 16.0. The third-order valence-corrected chi connectivity index (χ3v) is 2.51. The molecule has 2 N–H and O–H groups in total. The highest BCUT2D eigenvalue weighted by Crippen LogP contribution is 2.28. The highest BCUT2D eigenvalue weighted by atomic mass is 16.5. The molecule has 0 aliphatic carbocycles. The van der Waals surface area contributed by atoms with Crippen molar-refractivity contribution >= 4 is 5.97 Å². The molecule has 0 heterocycles. The first-order valence-corrected chi connectivity index (χ1v) is 6.59. The maximum Gasteiger partial charge on any atom is 0.304 e. The Hall–Kier alpha value is -2.01. The van der Waals surface area contributed by atoms with Crippen molar-refractivity contribution in [2.45, 2.75) is 19.9 Å². The predicted octanol–water partition coefficient (Wildman–Crippen LogP) is 2.21. The lowest BCUT2D eigenvalue weighted by Crippen LogP contribution is -2.17. The summed E-state index contributed by atoms with van der Waals surface area (Å²) in [6.45, 7) is 7.53. The fourth-order valence-corrected chi connectivity index (χ4v) is 1.63. The van der Waals surface area contributed by atoms with Gasteiger partial charge in [-0.25, -0.2) is 0 Å². The van der Waals surface area contributed by atoms with E-state index in [-0.39, 0.29) is 6.42 Å². The van der Waals surface area contributed by atoms with Gasteiger partial charge in [-0.2, -0.15) is 0 Å². The summed E-state index contributed by atoms with van der Waals surface area (Å²) in [5.74, 6) is 0.564. The zero-order chi connectivity index (χ0) is 14.8. The Balaban J connectivity index is 2.61. The van der Waals surface area contributed by atoms with Gasteiger partial charge < -0.3 is 19.9 Å². The summed E-state index contributed by atoms with van der Waals surface area (Å²) >= 11 is 0. The lowest BCUT2D eigenvalue weighted by molar-refractivity contribution is -0.136. The molecule has 0 bridgehead atoms. The van der Waals surface area contributed by atoms with Crippen molar-refractivity contribution in [3.63, 3.8) is 0 Å². The van der Waals surface area contributed by atoms with Crippen LogP contribution in [0.5, 0.6) is 11.5 Å². The van der Waals surface area contributed by atoms with Crippen LogP contribution in [-0.2, 0) is 11.3 Å². The molecule has 110 valence electrons. The molecule has 0 spiro atoms. The van der Waals surface area contributed by atoms with E-state index in [2.05, 4.69) is 11.9 Å². The average Bonchev–Trinajstić information content (AvgIpc) is 2.43. The van der Waals surface area contributed by atoms with Crippen molar-refractivity contribution in [1.29, 1.82) is 0 Å². The second kappa shape index (κ2) is 8.98. The van der Waals surface area contributed by atoms with E-state index in [1.165, 1.54) is 0 Å². The van der Waals surface area contributed by atoms with E-state index in [1.807, 2.05) is 25.1 Å². The molecule has 1 aromatic carbocycles. The molecule has 0 fully saturated rings. The van der Waals surface area contributed by atoms with Crippen LogP contribution < -0.4 is 14.8 Å². The smallest absolute Gasteiger partial charge is 0.304 e. The average molecular weight is 279 g/mol. The molecule has 1 aromatic rings. The first-order chi connectivity index (χ1) is 9.67. The van der Waals surface area contributed by atoms with E-state index >= 15 is 0 Å². The van der Waals surface area contributed by atoms with E-state index in [9.17, 15) is 4.79 Å². The number of nitrogens with one attached hydrogen (secondary N) is 1. The Labute approximate surface area is 119 Å². The summed E-state index contributed by atoms with van der Waals surface area (Å²) < 4.78 is 11.0. The van der Waals surface area contributed by atoms with Gasteiger partial charge in [0.05, 0.1) is 13.0 Å². The van der Waals surface area contributed by atoms with Gasteiger partial charge in [-0.1, -0.05) is 18.7 Å². The van der Waals surface area contributed by atoms with Crippen molar-refractivity contribution in [2.24, 2.45) is 0 Å². The van der Waals surface area contributed by atoms with Gasteiger partial charge in [0.1, 0.15) is 6.61 Å². The monoisotopic (exact) mass is 279 g/mol. The second-order valence-corrected chi connectivity index (χ2v) is 4.13. The number of rotatable bonds is 10. The van der Waals surface area contributed by atoms with Crippen LogP contribution in [-0.4, -0.2) is 30.8 Å². The maximum atomic E-state index is 10.4. The van der Waals surface area contributed by atoms with Gasteiger partial charge in [-0.15, -0.1) is 0 Å². The number of hydrogen-bond acceptors (Lipinski definition) is 4. The Morgan fingerprint density at radius 1 is 1.40 bits per heavy atom. The minimum Gasteiger partial charge on any atom is -0.490 e. The van der Waals surface area contributed by atoms with Gasteiger partial charge >= 0.3 is 5.97 Å². The quantitative estimate of drug-likeness (QED) is 0.508. The van der Waals surface area contributed by atoms with Crippen molar-refractivity contribution in [2.75, 3.05) is 19.8 Å². The number of carboxylic acid groups (broad SMARTS) is 1. The van der Waals surface area contributed by atoms with Gasteiger partial charge in [0, 0.05) is 13.1 Å². The molecule has 0 amide bonds. The fraction of sp³-hybridized carbons (Fsp3) is 0.400. The molecule has 0 aliphatic rings. The Kier molecular flexibility index (Phi) is 7.21. The van der Waals surface area contributed by atoms with E-state index < -0.39 is 5.97 Å². The molecule has 0 unspecified atom stereocenters. The van der Waals surface area contributed by atoms with Gasteiger partial charge in [-0.3, -0.25) is 4.79 Å². The predicted molar refractivity (Wildman–Crippen MR) is 77.3 cm³/mol. The Bertz CT molecular complexity index is 445. The van der Waals surface area contributed by atoms with Gasteiger partial charge in [0.2, 0.25) is 0 Å². The number of carboxylic acids is 1. The standard InChI is InChI=1S/C15H21NO4/c1-3-9-20-13-6-5-12(10-14(13)19-4-2)11-16-8-7-15(17)18/h3,5-6,10,16H,1,4,7-9,11H2,2H3,(H,17,18).